The van der Waals surface area contributed by atoms with Gasteiger partial charge in [-0.05, 0) is 43.3 Å². The standard InChI is InChI=1S/C17H21NO3/c1-4-18(11-14-6-5-9-21-14)12-16(19)15-8-7-13(2)10-17(15)20-3/h5-10H,4,11-12H2,1-3H3. The highest BCUT2D eigenvalue weighted by molar-refractivity contribution is 6.00. The van der Waals surface area contributed by atoms with Crippen LogP contribution in [0.4, 0.5) is 0 Å². The smallest absolute Gasteiger partial charge is 0.180 e. The molecule has 0 radical (unpaired) electrons. The molecule has 4 heteroatoms. The van der Waals surface area contributed by atoms with Gasteiger partial charge in [0, 0.05) is 0 Å². The molecule has 0 unspecified atom stereocenters. The minimum Gasteiger partial charge on any atom is -0.496 e. The van der Waals surface area contributed by atoms with Gasteiger partial charge in [-0.25, -0.2) is 0 Å². The first-order valence-corrected chi connectivity index (χ1v) is 7.06. The summed E-state index contributed by atoms with van der Waals surface area (Å²) in [5.74, 6) is 1.55. The van der Waals surface area contributed by atoms with E-state index in [4.69, 9.17) is 9.15 Å². The maximum atomic E-state index is 12.5. The van der Waals surface area contributed by atoms with Crippen LogP contribution in [0, 0.1) is 6.92 Å². The molecular weight excluding hydrogens is 266 g/mol. The molecule has 1 heterocycles. The molecule has 0 atom stereocenters. The Morgan fingerprint density at radius 2 is 2.14 bits per heavy atom. The van der Waals surface area contributed by atoms with Crippen molar-refractivity contribution in [2.75, 3.05) is 20.2 Å². The van der Waals surface area contributed by atoms with E-state index < -0.39 is 0 Å². The SMILES string of the molecule is CCN(CC(=O)c1ccc(C)cc1OC)Cc1ccco1. The monoisotopic (exact) mass is 287 g/mol. The summed E-state index contributed by atoms with van der Waals surface area (Å²) in [7, 11) is 1.59. The minimum absolute atomic E-state index is 0.0558. The van der Waals surface area contributed by atoms with Crippen LogP contribution in [0.3, 0.4) is 0 Å². The highest BCUT2D eigenvalue weighted by Crippen LogP contribution is 2.21. The minimum atomic E-state index is 0.0558. The first-order chi connectivity index (χ1) is 10.1. The van der Waals surface area contributed by atoms with Crippen LogP contribution in [0.5, 0.6) is 5.75 Å². The number of likely N-dealkylation sites (N-methyl/N-ethyl adjacent to an activating group) is 1. The van der Waals surface area contributed by atoms with E-state index in [0.29, 0.717) is 24.4 Å². The van der Waals surface area contributed by atoms with Gasteiger partial charge in [0.05, 0.1) is 32.0 Å². The van der Waals surface area contributed by atoms with Gasteiger partial charge in [0.15, 0.2) is 5.78 Å². The zero-order chi connectivity index (χ0) is 15.2. The molecule has 0 saturated carbocycles. The number of nitrogens with zero attached hydrogens (tertiary/aromatic N) is 1. The van der Waals surface area contributed by atoms with E-state index in [2.05, 4.69) is 0 Å². The molecule has 112 valence electrons. The molecule has 2 rings (SSSR count). The third-order valence-electron chi connectivity index (χ3n) is 3.43. The summed E-state index contributed by atoms with van der Waals surface area (Å²) in [4.78, 5) is 14.5. The maximum absolute atomic E-state index is 12.5. The Balaban J connectivity index is 2.09. The average molecular weight is 287 g/mol. The molecule has 0 spiro atoms. The van der Waals surface area contributed by atoms with Gasteiger partial charge >= 0.3 is 0 Å². The van der Waals surface area contributed by atoms with Crippen LogP contribution in [0.15, 0.2) is 41.0 Å². The van der Waals surface area contributed by atoms with Crippen LogP contribution in [0.2, 0.25) is 0 Å². The number of hydrogen-bond donors (Lipinski definition) is 0. The summed E-state index contributed by atoms with van der Waals surface area (Å²) in [5, 5.41) is 0. The first-order valence-electron chi connectivity index (χ1n) is 7.06. The van der Waals surface area contributed by atoms with Crippen molar-refractivity contribution in [3.8, 4) is 5.75 Å². The second kappa shape index (κ2) is 7.09. The van der Waals surface area contributed by atoms with E-state index in [-0.39, 0.29) is 5.78 Å². The number of hydrogen-bond acceptors (Lipinski definition) is 4. The van der Waals surface area contributed by atoms with Crippen LogP contribution in [0.1, 0.15) is 28.6 Å². The number of carbonyl (C=O) groups excluding carboxylic acids is 1. The summed E-state index contributed by atoms with van der Waals surface area (Å²) < 4.78 is 10.6. The van der Waals surface area contributed by atoms with Gasteiger partial charge in [0.25, 0.3) is 0 Å². The van der Waals surface area contributed by atoms with E-state index in [1.54, 1.807) is 13.4 Å². The molecule has 0 amide bonds. The summed E-state index contributed by atoms with van der Waals surface area (Å²) >= 11 is 0. The Morgan fingerprint density at radius 3 is 2.76 bits per heavy atom. The normalized spacial score (nSPS) is 10.9. The van der Waals surface area contributed by atoms with Crippen molar-refractivity contribution in [1.29, 1.82) is 0 Å². The lowest BCUT2D eigenvalue weighted by Gasteiger charge is -2.19. The molecule has 0 bridgehead atoms. The molecule has 4 nitrogen and oxygen atoms in total. The van der Waals surface area contributed by atoms with E-state index >= 15 is 0 Å². The zero-order valence-corrected chi connectivity index (χ0v) is 12.8. The summed E-state index contributed by atoms with van der Waals surface area (Å²) in [6.45, 7) is 5.76. The number of furan rings is 1. The van der Waals surface area contributed by atoms with Gasteiger partial charge in [0.1, 0.15) is 11.5 Å². The van der Waals surface area contributed by atoms with Crippen LogP contribution < -0.4 is 4.74 Å². The fraction of sp³-hybridized carbons (Fsp3) is 0.353. The Kier molecular flexibility index (Phi) is 5.17. The fourth-order valence-electron chi connectivity index (χ4n) is 2.22. The lowest BCUT2D eigenvalue weighted by atomic mass is 10.1. The molecular formula is C17H21NO3. The summed E-state index contributed by atoms with van der Waals surface area (Å²) in [6, 6.07) is 9.42. The molecule has 0 aliphatic carbocycles. The zero-order valence-electron chi connectivity index (χ0n) is 12.8. The van der Waals surface area contributed by atoms with Crippen molar-refractivity contribution in [2.45, 2.75) is 20.4 Å². The third-order valence-corrected chi connectivity index (χ3v) is 3.43. The van der Waals surface area contributed by atoms with Gasteiger partial charge in [-0.1, -0.05) is 13.0 Å². The van der Waals surface area contributed by atoms with Crippen LogP contribution in [-0.2, 0) is 6.54 Å². The lowest BCUT2D eigenvalue weighted by Crippen LogP contribution is -2.29. The van der Waals surface area contributed by atoms with Gasteiger partial charge in [-0.15, -0.1) is 0 Å². The molecule has 0 N–H and O–H groups in total. The Labute approximate surface area is 125 Å². The molecule has 21 heavy (non-hydrogen) atoms. The van der Waals surface area contributed by atoms with E-state index in [1.165, 1.54) is 0 Å². The number of methoxy groups -OCH3 is 1. The molecule has 0 fully saturated rings. The third kappa shape index (κ3) is 3.95. The number of carbonyl (C=O) groups is 1. The molecule has 0 aliphatic rings. The van der Waals surface area contributed by atoms with Crippen LogP contribution in [-0.4, -0.2) is 30.9 Å². The Hall–Kier alpha value is -2.07. The lowest BCUT2D eigenvalue weighted by molar-refractivity contribution is 0.0922. The van der Waals surface area contributed by atoms with Crippen molar-refractivity contribution in [2.24, 2.45) is 0 Å². The van der Waals surface area contributed by atoms with Gasteiger partial charge in [-0.2, -0.15) is 0 Å². The summed E-state index contributed by atoms with van der Waals surface area (Å²) in [5.41, 5.74) is 1.70. The predicted molar refractivity (Wildman–Crippen MR) is 81.7 cm³/mol. The Bertz CT molecular complexity index is 590. The predicted octanol–water partition coefficient (Wildman–Crippen LogP) is 3.30. The first kappa shape index (κ1) is 15.3. The second-order valence-electron chi connectivity index (χ2n) is 5.01. The van der Waals surface area contributed by atoms with E-state index in [0.717, 1.165) is 17.9 Å². The number of Topliss-reactive ketones (excluding diaryl/α,β-unsaturated/α-hetero) is 1. The number of ketones is 1. The quantitative estimate of drug-likeness (QED) is 0.733. The highest BCUT2D eigenvalue weighted by atomic mass is 16.5. The van der Waals surface area contributed by atoms with Crippen molar-refractivity contribution < 1.29 is 13.9 Å². The van der Waals surface area contributed by atoms with Crippen molar-refractivity contribution in [3.63, 3.8) is 0 Å². The van der Waals surface area contributed by atoms with Gasteiger partial charge < -0.3 is 9.15 Å². The van der Waals surface area contributed by atoms with Gasteiger partial charge in [-0.3, -0.25) is 9.69 Å². The molecule has 0 aliphatic heterocycles. The van der Waals surface area contributed by atoms with Crippen molar-refractivity contribution in [1.82, 2.24) is 4.90 Å². The molecule has 2 aromatic rings. The van der Waals surface area contributed by atoms with Crippen molar-refractivity contribution in [3.05, 3.63) is 53.5 Å². The number of ether oxygens (including phenoxy) is 1. The average Bonchev–Trinajstić information content (AvgIpc) is 2.99. The van der Waals surface area contributed by atoms with Gasteiger partial charge in [0.2, 0.25) is 0 Å². The molecule has 1 aromatic heterocycles. The summed E-state index contributed by atoms with van der Waals surface area (Å²) in [6.07, 6.45) is 1.65. The number of rotatable bonds is 7. The van der Waals surface area contributed by atoms with Crippen LogP contribution in [0.25, 0.3) is 0 Å². The van der Waals surface area contributed by atoms with E-state index in [9.17, 15) is 4.79 Å². The van der Waals surface area contributed by atoms with Crippen molar-refractivity contribution >= 4 is 5.78 Å². The Morgan fingerprint density at radius 1 is 1.33 bits per heavy atom. The second-order valence-corrected chi connectivity index (χ2v) is 5.01. The maximum Gasteiger partial charge on any atom is 0.180 e. The number of benzene rings is 1. The molecule has 1 aromatic carbocycles. The highest BCUT2D eigenvalue weighted by Gasteiger charge is 2.16. The fourth-order valence-corrected chi connectivity index (χ4v) is 2.22. The molecule has 0 saturated heterocycles. The van der Waals surface area contributed by atoms with Crippen LogP contribution >= 0.6 is 0 Å². The number of aryl methyl sites for hydroxylation is 1. The largest absolute Gasteiger partial charge is 0.496 e. The topological polar surface area (TPSA) is 42.7 Å². The van der Waals surface area contributed by atoms with E-state index in [1.807, 2.05) is 49.1 Å².